The van der Waals surface area contributed by atoms with Gasteiger partial charge in [-0.2, -0.15) is 0 Å². The Morgan fingerprint density at radius 1 is 1.30 bits per heavy atom. The lowest BCUT2D eigenvalue weighted by Crippen LogP contribution is -2.63. The maximum absolute atomic E-state index is 4.14. The minimum Gasteiger partial charge on any atom is -0.311 e. The standard InChI is InChI=1S/C17H27N3/c1-2-5-16-13-20(12-15-6-10-18-11-7-15)17(14-19-16)8-3-4-9-17/h6-7,10-11,16,19H,2-5,8-9,12-14H2,1H3. The molecule has 0 amide bonds. The molecule has 1 aliphatic heterocycles. The van der Waals surface area contributed by atoms with Crippen LogP contribution in [0.4, 0.5) is 0 Å². The summed E-state index contributed by atoms with van der Waals surface area (Å²) < 4.78 is 0. The van der Waals surface area contributed by atoms with E-state index in [1.165, 1.54) is 57.2 Å². The zero-order valence-electron chi connectivity index (χ0n) is 12.6. The molecule has 0 radical (unpaired) electrons. The summed E-state index contributed by atoms with van der Waals surface area (Å²) in [6.45, 7) is 5.76. The Labute approximate surface area is 122 Å². The van der Waals surface area contributed by atoms with Gasteiger partial charge in [-0.3, -0.25) is 9.88 Å². The van der Waals surface area contributed by atoms with Crippen molar-refractivity contribution in [2.75, 3.05) is 13.1 Å². The van der Waals surface area contributed by atoms with Gasteiger partial charge < -0.3 is 5.32 Å². The van der Waals surface area contributed by atoms with Crippen LogP contribution >= 0.6 is 0 Å². The van der Waals surface area contributed by atoms with Gasteiger partial charge in [0.05, 0.1) is 0 Å². The van der Waals surface area contributed by atoms with Crippen molar-refractivity contribution in [2.45, 2.75) is 63.6 Å². The fourth-order valence-corrected chi connectivity index (χ4v) is 3.98. The first kappa shape index (κ1) is 14.0. The minimum absolute atomic E-state index is 0.424. The number of nitrogens with one attached hydrogen (secondary N) is 1. The van der Waals surface area contributed by atoms with E-state index in [-0.39, 0.29) is 0 Å². The first-order valence-corrected chi connectivity index (χ1v) is 8.20. The molecule has 2 fully saturated rings. The van der Waals surface area contributed by atoms with Gasteiger partial charge in [0, 0.05) is 43.6 Å². The SMILES string of the molecule is CCCC1CN(Cc2ccncc2)C2(CCCC2)CN1. The highest BCUT2D eigenvalue weighted by molar-refractivity contribution is 5.12. The second-order valence-corrected chi connectivity index (χ2v) is 6.53. The highest BCUT2D eigenvalue weighted by Crippen LogP contribution is 2.38. The lowest BCUT2D eigenvalue weighted by Gasteiger charge is -2.48. The second kappa shape index (κ2) is 6.23. The van der Waals surface area contributed by atoms with Crippen molar-refractivity contribution in [3.8, 4) is 0 Å². The van der Waals surface area contributed by atoms with Crippen LogP contribution in [0.25, 0.3) is 0 Å². The van der Waals surface area contributed by atoms with Crippen LogP contribution in [-0.2, 0) is 6.54 Å². The number of nitrogens with zero attached hydrogens (tertiary/aromatic N) is 2. The van der Waals surface area contributed by atoms with E-state index < -0.39 is 0 Å². The molecule has 1 saturated heterocycles. The van der Waals surface area contributed by atoms with Crippen molar-refractivity contribution in [3.05, 3.63) is 30.1 Å². The maximum atomic E-state index is 4.14. The maximum Gasteiger partial charge on any atom is 0.0338 e. The average molecular weight is 273 g/mol. The molecule has 1 spiro atoms. The summed E-state index contributed by atoms with van der Waals surface area (Å²) in [7, 11) is 0. The summed E-state index contributed by atoms with van der Waals surface area (Å²) in [5.41, 5.74) is 1.83. The van der Waals surface area contributed by atoms with Gasteiger partial charge >= 0.3 is 0 Å². The van der Waals surface area contributed by atoms with Crippen LogP contribution in [0.15, 0.2) is 24.5 Å². The molecule has 1 aliphatic carbocycles. The van der Waals surface area contributed by atoms with Crippen molar-refractivity contribution in [3.63, 3.8) is 0 Å². The largest absolute Gasteiger partial charge is 0.311 e. The molecule has 20 heavy (non-hydrogen) atoms. The zero-order chi connectivity index (χ0) is 13.8. The number of piperazine rings is 1. The molecule has 110 valence electrons. The summed E-state index contributed by atoms with van der Waals surface area (Å²) in [5, 5.41) is 3.81. The van der Waals surface area contributed by atoms with E-state index in [4.69, 9.17) is 0 Å². The van der Waals surface area contributed by atoms with Crippen molar-refractivity contribution >= 4 is 0 Å². The van der Waals surface area contributed by atoms with Crippen LogP contribution in [0, 0.1) is 0 Å². The molecule has 2 heterocycles. The van der Waals surface area contributed by atoms with Crippen LogP contribution in [-0.4, -0.2) is 34.6 Å². The number of hydrogen-bond acceptors (Lipinski definition) is 3. The molecule has 0 bridgehead atoms. The van der Waals surface area contributed by atoms with Gasteiger partial charge in [-0.25, -0.2) is 0 Å². The molecule has 3 rings (SSSR count). The van der Waals surface area contributed by atoms with E-state index in [1.54, 1.807) is 0 Å². The van der Waals surface area contributed by atoms with E-state index in [1.807, 2.05) is 12.4 Å². The molecule has 0 aromatic carbocycles. The summed E-state index contributed by atoms with van der Waals surface area (Å²) in [6, 6.07) is 5.01. The molecule has 2 aliphatic rings. The smallest absolute Gasteiger partial charge is 0.0338 e. The molecule has 1 saturated carbocycles. The third-order valence-corrected chi connectivity index (χ3v) is 5.13. The number of pyridine rings is 1. The van der Waals surface area contributed by atoms with Gasteiger partial charge in [0.1, 0.15) is 0 Å². The van der Waals surface area contributed by atoms with Crippen molar-refractivity contribution < 1.29 is 0 Å². The predicted molar refractivity (Wildman–Crippen MR) is 82.5 cm³/mol. The quantitative estimate of drug-likeness (QED) is 0.914. The van der Waals surface area contributed by atoms with Gasteiger partial charge in [-0.1, -0.05) is 26.2 Å². The number of rotatable bonds is 4. The third-order valence-electron chi connectivity index (χ3n) is 5.13. The summed E-state index contributed by atoms with van der Waals surface area (Å²) >= 11 is 0. The first-order valence-electron chi connectivity index (χ1n) is 8.20. The summed E-state index contributed by atoms with van der Waals surface area (Å²) in [6.07, 6.45) is 11.9. The minimum atomic E-state index is 0.424. The molecular formula is C17H27N3. The second-order valence-electron chi connectivity index (χ2n) is 6.53. The van der Waals surface area contributed by atoms with E-state index >= 15 is 0 Å². The molecule has 3 heteroatoms. The van der Waals surface area contributed by atoms with Gasteiger partial charge in [0.2, 0.25) is 0 Å². The van der Waals surface area contributed by atoms with Gasteiger partial charge in [0.25, 0.3) is 0 Å². The fraction of sp³-hybridized carbons (Fsp3) is 0.706. The van der Waals surface area contributed by atoms with E-state index in [0.29, 0.717) is 11.6 Å². The van der Waals surface area contributed by atoms with Crippen molar-refractivity contribution in [1.29, 1.82) is 0 Å². The lowest BCUT2D eigenvalue weighted by atomic mass is 9.89. The van der Waals surface area contributed by atoms with Crippen molar-refractivity contribution in [1.82, 2.24) is 15.2 Å². The Kier molecular flexibility index (Phi) is 4.37. The summed E-state index contributed by atoms with van der Waals surface area (Å²) in [5.74, 6) is 0. The Morgan fingerprint density at radius 2 is 2.05 bits per heavy atom. The van der Waals surface area contributed by atoms with Crippen LogP contribution in [0.3, 0.4) is 0 Å². The highest BCUT2D eigenvalue weighted by atomic mass is 15.3. The third kappa shape index (κ3) is 2.89. The first-order chi connectivity index (χ1) is 9.82. The Morgan fingerprint density at radius 3 is 2.75 bits per heavy atom. The molecule has 1 N–H and O–H groups in total. The Hall–Kier alpha value is -0.930. The Balaban J connectivity index is 1.74. The average Bonchev–Trinajstić information content (AvgIpc) is 2.94. The zero-order valence-corrected chi connectivity index (χ0v) is 12.6. The van der Waals surface area contributed by atoms with Gasteiger partial charge in [0.15, 0.2) is 0 Å². The Bertz CT molecular complexity index is 412. The van der Waals surface area contributed by atoms with E-state index in [0.717, 1.165) is 6.54 Å². The number of aromatic nitrogens is 1. The topological polar surface area (TPSA) is 28.2 Å². The van der Waals surface area contributed by atoms with E-state index in [9.17, 15) is 0 Å². The molecular weight excluding hydrogens is 246 g/mol. The fourth-order valence-electron chi connectivity index (χ4n) is 3.98. The summed E-state index contributed by atoms with van der Waals surface area (Å²) in [4.78, 5) is 6.91. The molecule has 1 aromatic rings. The normalized spacial score (nSPS) is 26.1. The molecule has 1 atom stereocenters. The van der Waals surface area contributed by atoms with Crippen LogP contribution in [0.5, 0.6) is 0 Å². The molecule has 1 aromatic heterocycles. The molecule has 3 nitrogen and oxygen atoms in total. The highest BCUT2D eigenvalue weighted by Gasteiger charge is 2.42. The van der Waals surface area contributed by atoms with E-state index in [2.05, 4.69) is 34.3 Å². The van der Waals surface area contributed by atoms with Crippen molar-refractivity contribution in [2.24, 2.45) is 0 Å². The molecule has 1 unspecified atom stereocenters. The predicted octanol–water partition coefficient (Wildman–Crippen LogP) is 2.97. The van der Waals surface area contributed by atoms with Gasteiger partial charge in [-0.15, -0.1) is 0 Å². The van der Waals surface area contributed by atoms with Gasteiger partial charge in [-0.05, 0) is 37.0 Å². The monoisotopic (exact) mass is 273 g/mol. The number of hydrogen-bond donors (Lipinski definition) is 1. The van der Waals surface area contributed by atoms with Crippen LogP contribution in [0.1, 0.15) is 51.0 Å². The lowest BCUT2D eigenvalue weighted by molar-refractivity contribution is 0.0338. The van der Waals surface area contributed by atoms with Crippen LogP contribution in [0.2, 0.25) is 0 Å². The van der Waals surface area contributed by atoms with Crippen LogP contribution < -0.4 is 5.32 Å².